The number of benzene rings is 1. The number of ether oxygens (including phenoxy) is 3. The third-order valence-electron chi connectivity index (χ3n) is 5.23. The first-order valence-corrected chi connectivity index (χ1v) is 9.84. The van der Waals surface area contributed by atoms with Gasteiger partial charge in [-0.1, -0.05) is 6.07 Å². The Labute approximate surface area is 157 Å². The highest BCUT2D eigenvalue weighted by Crippen LogP contribution is 2.29. The van der Waals surface area contributed by atoms with E-state index in [-0.39, 0.29) is 6.10 Å². The molecule has 146 valence electrons. The summed E-state index contributed by atoms with van der Waals surface area (Å²) < 4.78 is 17.1. The van der Waals surface area contributed by atoms with Gasteiger partial charge in [-0.3, -0.25) is 4.90 Å². The molecule has 0 spiro atoms. The maximum atomic E-state index is 5.93. The highest BCUT2D eigenvalue weighted by Gasteiger charge is 2.19. The van der Waals surface area contributed by atoms with Crippen LogP contribution in [0.2, 0.25) is 0 Å². The summed E-state index contributed by atoms with van der Waals surface area (Å²) in [4.78, 5) is 5.01. The molecule has 0 saturated carbocycles. The molecule has 1 aromatic carbocycles. The van der Waals surface area contributed by atoms with Crippen LogP contribution >= 0.6 is 0 Å². The van der Waals surface area contributed by atoms with Gasteiger partial charge in [-0.15, -0.1) is 0 Å². The summed E-state index contributed by atoms with van der Waals surface area (Å²) in [5.74, 6) is 1.61. The SMILES string of the molecule is COc1cc(CN2CCN(CCCN)CC2)ccc1OCC1CCCO1. The molecule has 1 aromatic rings. The van der Waals surface area contributed by atoms with Crippen molar-refractivity contribution < 1.29 is 14.2 Å². The van der Waals surface area contributed by atoms with Gasteiger partial charge >= 0.3 is 0 Å². The molecule has 0 bridgehead atoms. The van der Waals surface area contributed by atoms with Crippen molar-refractivity contribution in [3.8, 4) is 11.5 Å². The monoisotopic (exact) mass is 363 g/mol. The number of hydrogen-bond donors (Lipinski definition) is 1. The molecule has 2 aliphatic heterocycles. The van der Waals surface area contributed by atoms with Crippen LogP contribution in [0.25, 0.3) is 0 Å². The zero-order valence-corrected chi connectivity index (χ0v) is 16.0. The summed E-state index contributed by atoms with van der Waals surface area (Å²) in [5, 5.41) is 0. The number of methoxy groups -OCH3 is 1. The van der Waals surface area contributed by atoms with E-state index in [0.717, 1.165) is 83.2 Å². The lowest BCUT2D eigenvalue weighted by Crippen LogP contribution is -2.46. The second-order valence-electron chi connectivity index (χ2n) is 7.19. The van der Waals surface area contributed by atoms with E-state index in [0.29, 0.717) is 6.61 Å². The van der Waals surface area contributed by atoms with Crippen molar-refractivity contribution in [3.63, 3.8) is 0 Å². The Morgan fingerprint density at radius 3 is 2.65 bits per heavy atom. The third kappa shape index (κ3) is 5.58. The summed E-state index contributed by atoms with van der Waals surface area (Å²) in [6.07, 6.45) is 3.51. The van der Waals surface area contributed by atoms with Crippen molar-refractivity contribution >= 4 is 0 Å². The van der Waals surface area contributed by atoms with Crippen LogP contribution in [-0.4, -0.2) is 75.5 Å². The molecule has 6 nitrogen and oxygen atoms in total. The molecule has 2 heterocycles. The van der Waals surface area contributed by atoms with Gasteiger partial charge in [0.15, 0.2) is 11.5 Å². The molecular weight excluding hydrogens is 330 g/mol. The molecular formula is C20H33N3O3. The predicted molar refractivity (Wildman–Crippen MR) is 103 cm³/mol. The Morgan fingerprint density at radius 1 is 1.15 bits per heavy atom. The molecule has 0 aliphatic carbocycles. The second kappa shape index (κ2) is 10.1. The Hall–Kier alpha value is -1.34. The van der Waals surface area contributed by atoms with Crippen LogP contribution in [0, 0.1) is 0 Å². The average Bonchev–Trinajstić information content (AvgIpc) is 3.20. The van der Waals surface area contributed by atoms with E-state index < -0.39 is 0 Å². The van der Waals surface area contributed by atoms with E-state index in [2.05, 4.69) is 21.9 Å². The van der Waals surface area contributed by atoms with Crippen LogP contribution in [0.4, 0.5) is 0 Å². The maximum Gasteiger partial charge on any atom is 0.161 e. The third-order valence-corrected chi connectivity index (χ3v) is 5.23. The normalized spacial score (nSPS) is 21.8. The quantitative estimate of drug-likeness (QED) is 0.721. The van der Waals surface area contributed by atoms with E-state index in [1.807, 2.05) is 6.07 Å². The summed E-state index contributed by atoms with van der Waals surface area (Å²) in [7, 11) is 1.70. The van der Waals surface area contributed by atoms with Crippen molar-refractivity contribution in [2.24, 2.45) is 5.73 Å². The molecule has 2 aliphatic rings. The Kier molecular flexibility index (Phi) is 7.55. The van der Waals surface area contributed by atoms with E-state index >= 15 is 0 Å². The Morgan fingerprint density at radius 2 is 1.96 bits per heavy atom. The molecule has 26 heavy (non-hydrogen) atoms. The van der Waals surface area contributed by atoms with Gasteiger partial charge in [0.05, 0.1) is 13.2 Å². The van der Waals surface area contributed by atoms with Gasteiger partial charge in [0.1, 0.15) is 6.61 Å². The van der Waals surface area contributed by atoms with Gasteiger partial charge < -0.3 is 24.8 Å². The zero-order chi connectivity index (χ0) is 18.2. The largest absolute Gasteiger partial charge is 0.493 e. The first kappa shape index (κ1) is 19.4. The molecule has 0 amide bonds. The summed E-state index contributed by atoms with van der Waals surface area (Å²) in [6, 6.07) is 6.28. The standard InChI is InChI=1S/C20H33N3O3/c1-24-20-14-17(5-6-19(20)26-16-18-4-2-13-25-18)15-23-11-9-22(10-12-23)8-3-7-21/h5-6,14,18H,2-4,7-13,15-16,21H2,1H3. The Bertz CT molecular complexity index is 541. The van der Waals surface area contributed by atoms with Crippen LogP contribution in [-0.2, 0) is 11.3 Å². The molecule has 6 heteroatoms. The minimum Gasteiger partial charge on any atom is -0.493 e. The predicted octanol–water partition coefficient (Wildman–Crippen LogP) is 1.72. The van der Waals surface area contributed by atoms with Crippen LogP contribution in [0.1, 0.15) is 24.8 Å². The fourth-order valence-electron chi connectivity index (χ4n) is 3.63. The first-order chi connectivity index (χ1) is 12.8. The van der Waals surface area contributed by atoms with Gasteiger partial charge in [-0.25, -0.2) is 0 Å². The van der Waals surface area contributed by atoms with E-state index in [1.54, 1.807) is 7.11 Å². The fourth-order valence-corrected chi connectivity index (χ4v) is 3.63. The summed E-state index contributed by atoms with van der Waals surface area (Å²) in [6.45, 7) is 8.75. The minimum atomic E-state index is 0.218. The van der Waals surface area contributed by atoms with Crippen molar-refractivity contribution in [2.75, 3.05) is 59.6 Å². The van der Waals surface area contributed by atoms with Gasteiger partial charge in [0.2, 0.25) is 0 Å². The van der Waals surface area contributed by atoms with Crippen LogP contribution in [0.15, 0.2) is 18.2 Å². The average molecular weight is 364 g/mol. The molecule has 0 aromatic heterocycles. The number of hydrogen-bond acceptors (Lipinski definition) is 6. The second-order valence-corrected chi connectivity index (χ2v) is 7.19. The zero-order valence-electron chi connectivity index (χ0n) is 16.0. The fraction of sp³-hybridized carbons (Fsp3) is 0.700. The van der Waals surface area contributed by atoms with Gasteiger partial charge in [0, 0.05) is 39.3 Å². The van der Waals surface area contributed by atoms with Crippen molar-refractivity contribution in [2.45, 2.75) is 31.9 Å². The Balaban J connectivity index is 1.49. The lowest BCUT2D eigenvalue weighted by molar-refractivity contribution is 0.0669. The molecule has 2 saturated heterocycles. The van der Waals surface area contributed by atoms with E-state index in [1.165, 1.54) is 5.56 Å². The van der Waals surface area contributed by atoms with E-state index in [9.17, 15) is 0 Å². The molecule has 2 fully saturated rings. The van der Waals surface area contributed by atoms with Crippen LogP contribution in [0.5, 0.6) is 11.5 Å². The molecule has 2 N–H and O–H groups in total. The smallest absolute Gasteiger partial charge is 0.161 e. The van der Waals surface area contributed by atoms with Crippen molar-refractivity contribution in [1.82, 2.24) is 9.80 Å². The van der Waals surface area contributed by atoms with Crippen molar-refractivity contribution in [1.29, 1.82) is 0 Å². The lowest BCUT2D eigenvalue weighted by atomic mass is 10.1. The molecule has 0 radical (unpaired) electrons. The highest BCUT2D eigenvalue weighted by atomic mass is 16.5. The van der Waals surface area contributed by atoms with Crippen molar-refractivity contribution in [3.05, 3.63) is 23.8 Å². The highest BCUT2D eigenvalue weighted by molar-refractivity contribution is 5.43. The molecule has 1 unspecified atom stereocenters. The number of nitrogens with zero attached hydrogens (tertiary/aromatic N) is 2. The number of nitrogens with two attached hydrogens (primary N) is 1. The lowest BCUT2D eigenvalue weighted by Gasteiger charge is -2.34. The number of rotatable bonds is 9. The first-order valence-electron chi connectivity index (χ1n) is 9.84. The number of piperazine rings is 1. The van der Waals surface area contributed by atoms with Crippen LogP contribution < -0.4 is 15.2 Å². The minimum absolute atomic E-state index is 0.218. The van der Waals surface area contributed by atoms with Crippen LogP contribution in [0.3, 0.4) is 0 Å². The molecule has 3 rings (SSSR count). The topological polar surface area (TPSA) is 60.2 Å². The molecule has 1 atom stereocenters. The van der Waals surface area contributed by atoms with E-state index in [4.69, 9.17) is 19.9 Å². The van der Waals surface area contributed by atoms with Gasteiger partial charge in [0.25, 0.3) is 0 Å². The maximum absolute atomic E-state index is 5.93. The van der Waals surface area contributed by atoms with Gasteiger partial charge in [-0.05, 0) is 50.0 Å². The summed E-state index contributed by atoms with van der Waals surface area (Å²) in [5.41, 5.74) is 6.87. The summed E-state index contributed by atoms with van der Waals surface area (Å²) >= 11 is 0. The van der Waals surface area contributed by atoms with Gasteiger partial charge in [-0.2, -0.15) is 0 Å².